The molecule has 5 heteroatoms. The van der Waals surface area contributed by atoms with Crippen molar-refractivity contribution in [2.45, 2.75) is 6.92 Å². The van der Waals surface area contributed by atoms with Crippen LogP contribution in [0.5, 0.6) is 0 Å². The fourth-order valence-electron chi connectivity index (χ4n) is 0. The van der Waals surface area contributed by atoms with Gasteiger partial charge in [0.05, 0.1) is 42.3 Å². The van der Waals surface area contributed by atoms with Crippen LogP contribution < -0.4 is 27.3 Å². The Kier molecular flexibility index (Phi) is 31.2. The van der Waals surface area contributed by atoms with E-state index in [2.05, 4.69) is 42.3 Å². The van der Waals surface area contributed by atoms with Crippen molar-refractivity contribution in [2.24, 2.45) is 0 Å². The van der Waals surface area contributed by atoms with Crippen molar-refractivity contribution in [1.82, 2.24) is 0 Å². The lowest BCUT2D eigenvalue weighted by molar-refractivity contribution is -0.836. The topological polar surface area (TPSA) is 49.0 Å². The van der Waals surface area contributed by atoms with E-state index in [9.17, 15) is 0 Å². The third-order valence-corrected chi connectivity index (χ3v) is 0. The van der Waals surface area contributed by atoms with Crippen molar-refractivity contribution in [1.29, 1.82) is 0 Å². The molecule has 0 aromatic rings. The molecule has 2 N–H and O–H groups in total. The van der Waals surface area contributed by atoms with E-state index in [0.29, 0.717) is 0 Å². The number of halogens is 1. The fraction of sp³-hybridized carbons (Fsp3) is 0.875. The molecule has 0 heterocycles. The lowest BCUT2D eigenvalue weighted by atomic mass is 10.9. The third-order valence-electron chi connectivity index (χ3n) is 0. The number of rotatable bonds is 0. The molecule has 0 unspecified atom stereocenters. The zero-order chi connectivity index (χ0) is 10.7. The van der Waals surface area contributed by atoms with Gasteiger partial charge in [-0.05, 0) is 6.92 Å². The molecule has 0 spiro atoms. The molecule has 0 rings (SSSR count). The van der Waals surface area contributed by atoms with E-state index in [1.807, 2.05) is 0 Å². The van der Waals surface area contributed by atoms with Gasteiger partial charge in [0.2, 0.25) is 0 Å². The first-order chi connectivity index (χ1) is 5.20. The van der Waals surface area contributed by atoms with E-state index in [0.717, 1.165) is 6.92 Å². The lowest BCUT2D eigenvalue weighted by Gasteiger charge is -1.88. The molecule has 0 aliphatic heterocycles. The zero-order valence-corrected chi connectivity index (χ0v) is 10.5. The van der Waals surface area contributed by atoms with Crippen LogP contribution in [0.25, 0.3) is 0 Å². The van der Waals surface area contributed by atoms with Gasteiger partial charge in [-0.25, -0.2) is 0 Å². The van der Waals surface area contributed by atoms with Gasteiger partial charge in [0, 0.05) is 5.97 Å². The lowest BCUT2D eigenvalue weighted by Crippen LogP contribution is -3.02. The number of quaternary nitrogens is 2. The van der Waals surface area contributed by atoms with E-state index >= 15 is 0 Å². The van der Waals surface area contributed by atoms with Crippen LogP contribution in [0.2, 0.25) is 0 Å². The predicted molar refractivity (Wildman–Crippen MR) is 48.2 cm³/mol. The minimum absolute atomic E-state index is 0. The highest BCUT2D eigenvalue weighted by molar-refractivity contribution is 5.60. The number of aliphatic carboxylic acids is 1. The molecule has 0 aromatic carbocycles. The predicted octanol–water partition coefficient (Wildman–Crippen LogP) is -6.72. The number of carbonyl (C=O) groups excluding carboxylic acids is 1. The molecule has 0 saturated carbocycles. The molecule has 0 radical (unpaired) electrons. The monoisotopic (exact) mass is 214 g/mol. The Balaban J connectivity index is -0.0000000450. The highest BCUT2D eigenvalue weighted by Gasteiger charge is 1.61. The van der Waals surface area contributed by atoms with Crippen LogP contribution in [-0.2, 0) is 4.79 Å². The molecular formula is C8H23ClN2O2. The quantitative estimate of drug-likeness (QED) is 0.421. The van der Waals surface area contributed by atoms with Crippen LogP contribution in [0.15, 0.2) is 0 Å². The van der Waals surface area contributed by atoms with Gasteiger partial charge >= 0.3 is 0 Å². The Morgan fingerprint density at radius 1 is 0.923 bits per heavy atom. The molecule has 0 bridgehead atoms. The maximum Gasteiger partial charge on any atom is 0.0661 e. The van der Waals surface area contributed by atoms with Gasteiger partial charge in [0.25, 0.3) is 0 Å². The molecule has 0 aliphatic carbocycles. The molecule has 13 heavy (non-hydrogen) atoms. The van der Waals surface area contributed by atoms with Crippen LogP contribution in [0.4, 0.5) is 0 Å². The summed E-state index contributed by atoms with van der Waals surface area (Å²) in [6.45, 7) is 0.972. The average Bonchev–Trinajstić information content (AvgIpc) is 1.54. The highest BCUT2D eigenvalue weighted by Crippen LogP contribution is 1.31. The summed E-state index contributed by atoms with van der Waals surface area (Å²) >= 11 is 0. The fourth-order valence-corrected chi connectivity index (χ4v) is 0. The van der Waals surface area contributed by atoms with Crippen molar-refractivity contribution < 1.29 is 32.1 Å². The van der Waals surface area contributed by atoms with Crippen LogP contribution in [0.3, 0.4) is 0 Å². The maximum absolute atomic E-state index is 8.89. The molecular weight excluding hydrogens is 192 g/mol. The van der Waals surface area contributed by atoms with Gasteiger partial charge in [0.15, 0.2) is 0 Å². The minimum Gasteiger partial charge on any atom is -1.00 e. The third kappa shape index (κ3) is 10700. The number of hydrogen-bond donors (Lipinski definition) is 2. The Morgan fingerprint density at radius 3 is 0.923 bits per heavy atom. The number of carbonyl (C=O) groups is 1. The van der Waals surface area contributed by atoms with Gasteiger partial charge in [-0.2, -0.15) is 0 Å². The maximum atomic E-state index is 8.89. The number of carboxylic acid groups (broad SMARTS) is 1. The van der Waals surface area contributed by atoms with Gasteiger partial charge in [-0.3, -0.25) is 0 Å². The van der Waals surface area contributed by atoms with E-state index in [1.165, 1.54) is 9.80 Å². The van der Waals surface area contributed by atoms with Crippen molar-refractivity contribution in [3.05, 3.63) is 0 Å². The number of carboxylic acids is 1. The highest BCUT2D eigenvalue weighted by atomic mass is 35.5. The normalized spacial score (nSPS) is 7.46. The summed E-state index contributed by atoms with van der Waals surface area (Å²) < 4.78 is 0. The minimum atomic E-state index is -1.08. The standard InChI is InChI=1S/2C3H9N.C2H4O2.ClH/c2*1-4(2)3;1-2(3)4;/h2*1-3H3;1H3,(H,3,4);1H. The molecule has 0 saturated heterocycles. The smallest absolute Gasteiger partial charge is 0.0661 e. The van der Waals surface area contributed by atoms with Crippen LogP contribution in [0, 0.1) is 0 Å². The van der Waals surface area contributed by atoms with Crippen LogP contribution in [-0.4, -0.2) is 48.3 Å². The average molecular weight is 215 g/mol. The largest absolute Gasteiger partial charge is 1.00 e. The van der Waals surface area contributed by atoms with E-state index in [4.69, 9.17) is 9.90 Å². The summed E-state index contributed by atoms with van der Waals surface area (Å²) in [4.78, 5) is 11.7. The van der Waals surface area contributed by atoms with Gasteiger partial charge in [0.1, 0.15) is 0 Å². The Bertz CT molecular complexity index is 82.6. The Labute approximate surface area is 87.9 Å². The Morgan fingerprint density at radius 2 is 0.923 bits per heavy atom. The zero-order valence-electron chi connectivity index (χ0n) is 9.69. The van der Waals surface area contributed by atoms with E-state index in [-0.39, 0.29) is 12.4 Å². The van der Waals surface area contributed by atoms with Gasteiger partial charge in [-0.15, -0.1) is 0 Å². The second-order valence-corrected chi connectivity index (χ2v) is 3.49. The molecule has 0 aliphatic rings. The van der Waals surface area contributed by atoms with E-state index < -0.39 is 5.97 Å². The number of hydrogen-bond acceptors (Lipinski definition) is 2. The molecule has 0 fully saturated rings. The Hall–Kier alpha value is -0.320. The first-order valence-electron chi connectivity index (χ1n) is 3.91. The molecule has 0 amide bonds. The summed E-state index contributed by atoms with van der Waals surface area (Å²) in [5.74, 6) is -1.08. The molecule has 84 valence electrons. The van der Waals surface area contributed by atoms with Crippen LogP contribution >= 0.6 is 0 Å². The van der Waals surface area contributed by atoms with Crippen LogP contribution in [0.1, 0.15) is 6.92 Å². The summed E-state index contributed by atoms with van der Waals surface area (Å²) in [5.41, 5.74) is 0. The molecule has 4 nitrogen and oxygen atoms in total. The molecule has 0 aromatic heterocycles. The summed E-state index contributed by atoms with van der Waals surface area (Å²) in [5, 5.41) is 8.89. The summed E-state index contributed by atoms with van der Waals surface area (Å²) in [6, 6.07) is 0. The summed E-state index contributed by atoms with van der Waals surface area (Å²) in [7, 11) is 12.5. The van der Waals surface area contributed by atoms with Gasteiger partial charge in [-0.1, -0.05) is 0 Å². The first kappa shape index (κ1) is 23.0. The first-order valence-corrected chi connectivity index (χ1v) is 3.91. The van der Waals surface area contributed by atoms with Crippen molar-refractivity contribution in [3.8, 4) is 0 Å². The second kappa shape index (κ2) is 17.7. The van der Waals surface area contributed by atoms with Crippen molar-refractivity contribution >= 4 is 5.97 Å². The summed E-state index contributed by atoms with van der Waals surface area (Å²) in [6.07, 6.45) is 0. The van der Waals surface area contributed by atoms with Gasteiger partial charge < -0.3 is 32.1 Å². The van der Waals surface area contributed by atoms with Crippen molar-refractivity contribution in [3.63, 3.8) is 0 Å². The molecule has 0 atom stereocenters. The van der Waals surface area contributed by atoms with Crippen molar-refractivity contribution in [2.75, 3.05) is 42.3 Å². The number of nitrogens with one attached hydrogen (secondary N) is 2. The van der Waals surface area contributed by atoms with E-state index in [1.54, 1.807) is 0 Å². The second-order valence-electron chi connectivity index (χ2n) is 3.49. The SMILES string of the molecule is CC(=O)[O-].C[NH+](C)C.C[NH+](C)C.[Cl-].